The third kappa shape index (κ3) is 4.52. The van der Waals surface area contributed by atoms with Crippen molar-refractivity contribution in [3.63, 3.8) is 0 Å². The second-order valence-corrected chi connectivity index (χ2v) is 15.6. The lowest BCUT2D eigenvalue weighted by atomic mass is 9.52. The fourth-order valence-corrected chi connectivity index (χ4v) is 11.3. The number of phenolic OH excluding ortho intramolecular Hbond substituents is 2. The summed E-state index contributed by atoms with van der Waals surface area (Å²) in [5.41, 5.74) is 4.17. The van der Waals surface area contributed by atoms with Gasteiger partial charge in [-0.2, -0.15) is 0 Å². The van der Waals surface area contributed by atoms with Crippen LogP contribution in [0.15, 0.2) is 36.4 Å². The Morgan fingerprint density at radius 2 is 1.22 bits per heavy atom. The first kappa shape index (κ1) is 30.2. The summed E-state index contributed by atoms with van der Waals surface area (Å²) in [5, 5.41) is 20.0. The van der Waals surface area contributed by atoms with Gasteiger partial charge in [0.25, 0.3) is 0 Å². The van der Waals surface area contributed by atoms with Crippen molar-refractivity contribution >= 4 is 11.6 Å². The maximum atomic E-state index is 13.4. The van der Waals surface area contributed by atoms with Crippen LogP contribution in [0.4, 0.5) is 0 Å². The van der Waals surface area contributed by atoms with Crippen molar-refractivity contribution in [2.75, 3.05) is 26.2 Å². The van der Waals surface area contributed by atoms with Gasteiger partial charge in [-0.1, -0.05) is 38.0 Å². The van der Waals surface area contributed by atoms with Gasteiger partial charge in [-0.25, -0.2) is 0 Å². The SMILES string of the molecule is C#CCN1CC[C@]23CCCC[C@H]2[C@H]1C(=O)c1ccc(O)cc13.O=C1c2ccc(O)cc2[C@@]23CCCC[C@H]2[C@@H]1N(CC1CCC1)CC3. The monoisotopic (exact) mass is 620 g/mol. The summed E-state index contributed by atoms with van der Waals surface area (Å²) < 4.78 is 0. The van der Waals surface area contributed by atoms with E-state index in [4.69, 9.17) is 6.42 Å². The van der Waals surface area contributed by atoms with Crippen molar-refractivity contribution in [1.29, 1.82) is 0 Å². The van der Waals surface area contributed by atoms with Crippen LogP contribution in [0.1, 0.15) is 115 Å². The Morgan fingerprint density at radius 1 is 0.696 bits per heavy atom. The van der Waals surface area contributed by atoms with Gasteiger partial charge < -0.3 is 10.2 Å². The zero-order valence-electron chi connectivity index (χ0n) is 27.1. The molecule has 242 valence electrons. The van der Waals surface area contributed by atoms with Crippen molar-refractivity contribution < 1.29 is 19.8 Å². The highest BCUT2D eigenvalue weighted by Gasteiger charge is 2.58. The second-order valence-electron chi connectivity index (χ2n) is 15.6. The van der Waals surface area contributed by atoms with E-state index in [1.165, 1.54) is 57.8 Å². The molecule has 2 heterocycles. The Morgan fingerprint density at radius 3 is 1.72 bits per heavy atom. The number of phenols is 2. The number of benzene rings is 2. The number of terminal acetylenes is 1. The highest BCUT2D eigenvalue weighted by Crippen LogP contribution is 2.57. The largest absolute Gasteiger partial charge is 0.508 e. The van der Waals surface area contributed by atoms with Crippen LogP contribution in [0.3, 0.4) is 0 Å². The number of nitrogens with zero attached hydrogens (tertiary/aromatic N) is 2. The lowest BCUT2D eigenvalue weighted by molar-refractivity contribution is -0.0135. The summed E-state index contributed by atoms with van der Waals surface area (Å²) in [5.74, 6) is 5.46. The smallest absolute Gasteiger partial charge is 0.180 e. The molecule has 0 spiro atoms. The Balaban J connectivity index is 0.000000136. The van der Waals surface area contributed by atoms with Gasteiger partial charge >= 0.3 is 0 Å². The molecule has 6 atom stereocenters. The quantitative estimate of drug-likeness (QED) is 0.376. The minimum atomic E-state index is -0.0675. The lowest BCUT2D eigenvalue weighted by Gasteiger charge is -2.58. The Kier molecular flexibility index (Phi) is 7.57. The summed E-state index contributed by atoms with van der Waals surface area (Å²) >= 11 is 0. The van der Waals surface area contributed by atoms with E-state index in [9.17, 15) is 19.8 Å². The zero-order valence-corrected chi connectivity index (χ0v) is 27.1. The van der Waals surface area contributed by atoms with Crippen LogP contribution < -0.4 is 0 Å². The molecule has 2 aromatic rings. The van der Waals surface area contributed by atoms with Crippen LogP contribution in [0.25, 0.3) is 0 Å². The first-order chi connectivity index (χ1) is 22.4. The minimum Gasteiger partial charge on any atom is -0.508 e. The summed E-state index contributed by atoms with van der Waals surface area (Å²) in [6.07, 6.45) is 21.3. The third-order valence-electron chi connectivity index (χ3n) is 13.6. The molecule has 5 aliphatic carbocycles. The van der Waals surface area contributed by atoms with Gasteiger partial charge in [0.15, 0.2) is 11.6 Å². The van der Waals surface area contributed by atoms with Crippen LogP contribution in [-0.2, 0) is 10.8 Å². The van der Waals surface area contributed by atoms with Crippen molar-refractivity contribution in [2.45, 2.75) is 106 Å². The molecule has 4 bridgehead atoms. The molecule has 6 heteroatoms. The summed E-state index contributed by atoms with van der Waals surface area (Å²) in [6.45, 7) is 3.61. The van der Waals surface area contributed by atoms with E-state index in [2.05, 4.69) is 15.7 Å². The van der Waals surface area contributed by atoms with Gasteiger partial charge in [-0.05, 0) is 123 Å². The lowest BCUT2D eigenvalue weighted by Crippen LogP contribution is -2.64. The molecule has 0 unspecified atom stereocenters. The van der Waals surface area contributed by atoms with E-state index < -0.39 is 0 Å². The first-order valence-electron chi connectivity index (χ1n) is 18.0. The molecular formula is C40H48N2O4. The molecule has 46 heavy (non-hydrogen) atoms. The Hall–Kier alpha value is -3.14. The average molecular weight is 621 g/mol. The molecule has 6 nitrogen and oxygen atoms in total. The molecule has 2 aliphatic heterocycles. The standard InChI is InChI=1S/C21H27NO2.C19H21NO2/c23-15-7-8-16-18(12-15)21-9-2-1-6-17(21)19(20(16)24)22(11-10-21)13-14-4-3-5-14;1-2-10-20-11-9-19-8-4-3-5-15(19)17(20)18(22)14-7-6-13(21)12-16(14)19/h7-8,12,14,17,19,23H,1-6,9-11,13H2;1,6-7,12,15,17,21H,3-5,8-11H2/t17-,19-,21+;15-,17-,19+/m00/s1. The molecule has 2 N–H and O–H groups in total. The second kappa shape index (κ2) is 11.5. The van der Waals surface area contributed by atoms with Crippen molar-refractivity contribution in [2.24, 2.45) is 17.8 Å². The van der Waals surface area contributed by atoms with Crippen molar-refractivity contribution in [1.82, 2.24) is 9.80 Å². The molecule has 0 aromatic heterocycles. The maximum absolute atomic E-state index is 13.4. The van der Waals surface area contributed by atoms with E-state index in [0.717, 1.165) is 73.5 Å². The minimum absolute atomic E-state index is 0.0655. The maximum Gasteiger partial charge on any atom is 0.180 e. The van der Waals surface area contributed by atoms with E-state index in [-0.39, 0.29) is 34.4 Å². The van der Waals surface area contributed by atoms with E-state index in [0.29, 0.717) is 29.9 Å². The summed E-state index contributed by atoms with van der Waals surface area (Å²) in [7, 11) is 0. The molecular weight excluding hydrogens is 572 g/mol. The summed E-state index contributed by atoms with van der Waals surface area (Å²) in [6, 6.07) is 10.8. The number of aromatic hydroxyl groups is 2. The fraction of sp³-hybridized carbons (Fsp3) is 0.600. The van der Waals surface area contributed by atoms with Gasteiger partial charge in [0.2, 0.25) is 0 Å². The van der Waals surface area contributed by atoms with Crippen LogP contribution in [-0.4, -0.2) is 69.8 Å². The van der Waals surface area contributed by atoms with Gasteiger partial charge in [-0.15, -0.1) is 6.42 Å². The molecule has 0 amide bonds. The van der Waals surface area contributed by atoms with Crippen LogP contribution in [0, 0.1) is 30.1 Å². The van der Waals surface area contributed by atoms with Crippen LogP contribution in [0.5, 0.6) is 11.5 Å². The molecule has 3 saturated carbocycles. The van der Waals surface area contributed by atoms with Gasteiger partial charge in [0.1, 0.15) is 11.5 Å². The van der Waals surface area contributed by atoms with Gasteiger partial charge in [-0.3, -0.25) is 19.4 Å². The number of piperidine rings is 2. The molecule has 0 radical (unpaired) electrons. The highest BCUT2D eigenvalue weighted by atomic mass is 16.3. The predicted molar refractivity (Wildman–Crippen MR) is 178 cm³/mol. The highest BCUT2D eigenvalue weighted by molar-refractivity contribution is 6.04. The third-order valence-corrected chi connectivity index (χ3v) is 13.6. The zero-order chi connectivity index (χ0) is 31.6. The molecule has 2 aromatic carbocycles. The van der Waals surface area contributed by atoms with Crippen LogP contribution >= 0.6 is 0 Å². The number of carbonyl (C=O) groups is 2. The number of carbonyl (C=O) groups excluding carboxylic acids is 2. The van der Waals surface area contributed by atoms with E-state index >= 15 is 0 Å². The average Bonchev–Trinajstić information content (AvgIpc) is 3.05. The Bertz CT molecular complexity index is 1590. The van der Waals surface area contributed by atoms with Gasteiger partial charge in [0, 0.05) is 35.0 Å². The van der Waals surface area contributed by atoms with Gasteiger partial charge in [0.05, 0.1) is 18.6 Å². The number of hydrogen-bond donors (Lipinski definition) is 2. The number of rotatable bonds is 3. The molecule has 9 rings (SSSR count). The Labute approximate surface area is 273 Å². The van der Waals surface area contributed by atoms with Crippen molar-refractivity contribution in [3.05, 3.63) is 58.7 Å². The fourth-order valence-electron chi connectivity index (χ4n) is 11.3. The number of ketones is 2. The predicted octanol–water partition coefficient (Wildman–Crippen LogP) is 6.61. The molecule has 2 saturated heterocycles. The number of hydrogen-bond acceptors (Lipinski definition) is 6. The van der Waals surface area contributed by atoms with Crippen molar-refractivity contribution in [3.8, 4) is 23.8 Å². The van der Waals surface area contributed by atoms with Crippen LogP contribution in [0.2, 0.25) is 0 Å². The molecule has 7 aliphatic rings. The summed E-state index contributed by atoms with van der Waals surface area (Å²) in [4.78, 5) is 31.2. The van der Waals surface area contributed by atoms with E-state index in [1.807, 2.05) is 24.3 Å². The normalized spacial score (nSPS) is 34.8. The first-order valence-corrected chi connectivity index (χ1v) is 18.0. The molecule has 5 fully saturated rings. The number of likely N-dealkylation sites (tertiary alicyclic amines) is 2. The number of Topliss-reactive ketones (excluding diaryl/α,β-unsaturated/α-hetero) is 2. The van der Waals surface area contributed by atoms with E-state index in [1.54, 1.807) is 12.1 Å². The number of fused-ring (bicyclic) bond motifs is 2. The topological polar surface area (TPSA) is 81.1 Å².